The molecule has 4 aromatic carbocycles. The molecule has 42 heavy (non-hydrogen) atoms. The van der Waals surface area contributed by atoms with Gasteiger partial charge in [0, 0.05) is 36.3 Å². The normalized spacial score (nSPS) is 10.6. The third-order valence-corrected chi connectivity index (χ3v) is 6.79. The van der Waals surface area contributed by atoms with Crippen molar-refractivity contribution in [3.8, 4) is 16.9 Å². The van der Waals surface area contributed by atoms with Crippen LogP contribution in [0.1, 0.15) is 38.3 Å². The monoisotopic (exact) mass is 572 g/mol. The van der Waals surface area contributed by atoms with E-state index in [9.17, 15) is 28.3 Å². The maximum absolute atomic E-state index is 14.1. The van der Waals surface area contributed by atoms with Crippen molar-refractivity contribution < 1.29 is 33.0 Å². The topological polar surface area (TPSA) is 95.9 Å². The van der Waals surface area contributed by atoms with Crippen molar-refractivity contribution in [2.24, 2.45) is 0 Å². The van der Waals surface area contributed by atoms with Crippen LogP contribution in [0.4, 0.5) is 8.78 Å². The Balaban J connectivity index is 1.61. The average molecular weight is 573 g/mol. The first kappa shape index (κ1) is 29.9. The molecule has 0 radical (unpaired) electrons. The predicted molar refractivity (Wildman–Crippen MR) is 154 cm³/mol. The number of hydrogen-bond donors (Lipinski definition) is 2. The number of hydrogen-bond acceptors (Lipinski definition) is 4. The van der Waals surface area contributed by atoms with Gasteiger partial charge >= 0.3 is 5.97 Å². The number of nitrogens with zero attached hydrogens (tertiary/aromatic N) is 1. The molecule has 2 N–H and O–H groups in total. The van der Waals surface area contributed by atoms with Gasteiger partial charge in [-0.25, -0.2) is 8.78 Å². The second-order valence-corrected chi connectivity index (χ2v) is 9.51. The molecule has 0 saturated carbocycles. The summed E-state index contributed by atoms with van der Waals surface area (Å²) >= 11 is 0. The summed E-state index contributed by atoms with van der Waals surface area (Å²) < 4.78 is 33.5. The second-order valence-electron chi connectivity index (χ2n) is 9.51. The van der Waals surface area contributed by atoms with Crippen molar-refractivity contribution in [1.82, 2.24) is 10.2 Å². The van der Waals surface area contributed by atoms with Crippen molar-refractivity contribution in [3.63, 3.8) is 0 Å². The Bertz CT molecular complexity index is 1570. The lowest BCUT2D eigenvalue weighted by molar-refractivity contribution is -0.137. The minimum atomic E-state index is -1.03. The van der Waals surface area contributed by atoms with Crippen LogP contribution in [0.25, 0.3) is 11.1 Å². The lowest BCUT2D eigenvalue weighted by atomic mass is 9.94. The first-order valence-electron chi connectivity index (χ1n) is 13.3. The molecule has 4 aromatic rings. The largest absolute Gasteiger partial charge is 0.497 e. The predicted octanol–water partition coefficient (Wildman–Crippen LogP) is 5.73. The van der Waals surface area contributed by atoms with E-state index in [1.54, 1.807) is 55.6 Å². The molecule has 0 aliphatic rings. The van der Waals surface area contributed by atoms with Gasteiger partial charge < -0.3 is 20.1 Å². The molecule has 0 bridgehead atoms. The van der Waals surface area contributed by atoms with Crippen LogP contribution >= 0.6 is 0 Å². The third kappa shape index (κ3) is 7.37. The van der Waals surface area contributed by atoms with Crippen molar-refractivity contribution in [3.05, 3.63) is 125 Å². The number of methoxy groups -OCH3 is 1. The zero-order valence-corrected chi connectivity index (χ0v) is 23.0. The Kier molecular flexibility index (Phi) is 9.99. The van der Waals surface area contributed by atoms with E-state index in [2.05, 4.69) is 5.32 Å². The maximum atomic E-state index is 14.1. The smallest absolute Gasteiger partial charge is 0.305 e. The van der Waals surface area contributed by atoms with Gasteiger partial charge in [0.1, 0.15) is 17.4 Å². The molecular formula is C33H30F2N2O5. The molecule has 0 aromatic heterocycles. The van der Waals surface area contributed by atoms with Crippen molar-refractivity contribution in [1.29, 1.82) is 0 Å². The van der Waals surface area contributed by atoms with Gasteiger partial charge in [0.05, 0.1) is 13.5 Å². The van der Waals surface area contributed by atoms with Gasteiger partial charge in [0.2, 0.25) is 0 Å². The minimum Gasteiger partial charge on any atom is -0.497 e. The number of nitrogens with one attached hydrogen (secondary N) is 1. The number of rotatable bonds is 12. The number of carboxylic acids is 1. The molecule has 2 amide bonds. The van der Waals surface area contributed by atoms with Gasteiger partial charge in [-0.15, -0.1) is 0 Å². The van der Waals surface area contributed by atoms with Gasteiger partial charge in [-0.05, 0) is 59.5 Å². The summed E-state index contributed by atoms with van der Waals surface area (Å²) in [4.78, 5) is 40.0. The van der Waals surface area contributed by atoms with Gasteiger partial charge in [0.25, 0.3) is 11.8 Å². The Morgan fingerprint density at radius 2 is 1.43 bits per heavy atom. The van der Waals surface area contributed by atoms with Crippen LogP contribution in [0, 0.1) is 11.6 Å². The van der Waals surface area contributed by atoms with Gasteiger partial charge in [-0.2, -0.15) is 0 Å². The molecule has 0 aliphatic heterocycles. The fourth-order valence-electron chi connectivity index (χ4n) is 4.59. The Morgan fingerprint density at radius 1 is 0.810 bits per heavy atom. The summed E-state index contributed by atoms with van der Waals surface area (Å²) in [5.41, 5.74) is 2.07. The highest BCUT2D eigenvalue weighted by atomic mass is 19.1. The summed E-state index contributed by atoms with van der Waals surface area (Å²) in [6.45, 7) is -0.119. The number of benzene rings is 4. The third-order valence-electron chi connectivity index (χ3n) is 6.79. The standard InChI is InChI=1S/C33H30F2N2O5/c1-42-23-9-6-8-22(20-23)16-18-37(19-17-31(38)39)33(41)27-13-5-3-11-25(27)24-10-2-4-12-26(24)32(40)36-21-28-29(34)14-7-15-30(28)35/h2-15,20H,16-19,21H2,1H3,(H,36,40)(H,38,39). The van der Waals surface area contributed by atoms with E-state index in [-0.39, 0.29) is 42.7 Å². The Labute approximate surface area is 242 Å². The van der Waals surface area contributed by atoms with E-state index in [0.717, 1.165) is 17.7 Å². The molecule has 4 rings (SSSR count). The van der Waals surface area contributed by atoms with E-state index in [1.807, 2.05) is 24.3 Å². The van der Waals surface area contributed by atoms with Crippen LogP contribution in [0.15, 0.2) is 91.0 Å². The number of carbonyl (C=O) groups excluding carboxylic acids is 2. The fraction of sp³-hybridized carbons (Fsp3) is 0.182. The quantitative estimate of drug-likeness (QED) is 0.226. The molecule has 0 fully saturated rings. The molecule has 0 spiro atoms. The van der Waals surface area contributed by atoms with Crippen molar-refractivity contribution in [2.75, 3.05) is 20.2 Å². The van der Waals surface area contributed by atoms with Crippen LogP contribution in [-0.4, -0.2) is 48.0 Å². The number of carboxylic acid groups (broad SMARTS) is 1. The summed E-state index contributed by atoms with van der Waals surface area (Å²) in [6, 6.07) is 24.3. The van der Waals surface area contributed by atoms with E-state index >= 15 is 0 Å². The first-order valence-corrected chi connectivity index (χ1v) is 13.3. The summed E-state index contributed by atoms with van der Waals surface area (Å²) in [5.74, 6) is -2.86. The lowest BCUT2D eigenvalue weighted by Crippen LogP contribution is -2.35. The van der Waals surface area contributed by atoms with Crippen molar-refractivity contribution >= 4 is 17.8 Å². The Morgan fingerprint density at radius 3 is 2.10 bits per heavy atom. The van der Waals surface area contributed by atoms with Crippen LogP contribution in [0.5, 0.6) is 5.75 Å². The molecular weight excluding hydrogens is 542 g/mol. The molecule has 0 aliphatic carbocycles. The number of amides is 2. The number of carbonyl (C=O) groups is 3. The van der Waals surface area contributed by atoms with Gasteiger partial charge in [-0.1, -0.05) is 54.6 Å². The first-order chi connectivity index (χ1) is 20.3. The van der Waals surface area contributed by atoms with Crippen LogP contribution in [-0.2, 0) is 17.8 Å². The van der Waals surface area contributed by atoms with Crippen LogP contribution in [0.3, 0.4) is 0 Å². The zero-order chi connectivity index (χ0) is 30.1. The minimum absolute atomic E-state index is 0.0111. The van der Waals surface area contributed by atoms with Gasteiger partial charge in [0.15, 0.2) is 0 Å². The molecule has 7 nitrogen and oxygen atoms in total. The summed E-state index contributed by atoms with van der Waals surface area (Å²) in [5, 5.41) is 11.9. The van der Waals surface area contributed by atoms with Crippen LogP contribution < -0.4 is 10.1 Å². The SMILES string of the molecule is COc1cccc(CCN(CCC(=O)O)C(=O)c2ccccc2-c2ccccc2C(=O)NCc2c(F)cccc2F)c1. The van der Waals surface area contributed by atoms with Crippen molar-refractivity contribution in [2.45, 2.75) is 19.4 Å². The molecule has 0 saturated heterocycles. The number of aliphatic carboxylic acids is 1. The number of ether oxygens (including phenoxy) is 1. The lowest BCUT2D eigenvalue weighted by Gasteiger charge is -2.24. The average Bonchev–Trinajstić information content (AvgIpc) is 3.00. The van der Waals surface area contributed by atoms with E-state index < -0.39 is 29.4 Å². The molecule has 0 unspecified atom stereocenters. The summed E-state index contributed by atoms with van der Waals surface area (Å²) in [7, 11) is 1.56. The second kappa shape index (κ2) is 14.0. The maximum Gasteiger partial charge on any atom is 0.305 e. The number of halogens is 2. The van der Waals surface area contributed by atoms with E-state index in [4.69, 9.17) is 4.74 Å². The fourth-order valence-corrected chi connectivity index (χ4v) is 4.59. The molecule has 0 heterocycles. The summed E-state index contributed by atoms with van der Waals surface area (Å²) in [6.07, 6.45) is 0.230. The zero-order valence-electron chi connectivity index (χ0n) is 23.0. The highest BCUT2D eigenvalue weighted by molar-refractivity contribution is 6.06. The highest BCUT2D eigenvalue weighted by Crippen LogP contribution is 2.29. The molecule has 9 heteroatoms. The molecule has 0 atom stereocenters. The highest BCUT2D eigenvalue weighted by Gasteiger charge is 2.23. The van der Waals surface area contributed by atoms with E-state index in [0.29, 0.717) is 23.3 Å². The molecule has 216 valence electrons. The van der Waals surface area contributed by atoms with Gasteiger partial charge in [-0.3, -0.25) is 14.4 Å². The Hall–Kier alpha value is -5.05. The van der Waals surface area contributed by atoms with E-state index in [1.165, 1.54) is 11.0 Å². The van der Waals surface area contributed by atoms with Crippen LogP contribution in [0.2, 0.25) is 0 Å².